The third-order valence-electron chi connectivity index (χ3n) is 3.54. The molecule has 0 saturated carbocycles. The van der Waals surface area contributed by atoms with Crippen LogP contribution in [0.25, 0.3) is 17.2 Å². The average molecular weight is 334 g/mol. The molecule has 0 spiro atoms. The second-order valence-corrected chi connectivity index (χ2v) is 5.92. The maximum atomic E-state index is 12.9. The first kappa shape index (κ1) is 16.0. The third kappa shape index (κ3) is 2.82. The predicted molar refractivity (Wildman–Crippen MR) is 94.3 cm³/mol. The van der Waals surface area contributed by atoms with Gasteiger partial charge in [0, 0.05) is 6.20 Å². The Labute approximate surface area is 143 Å². The van der Waals surface area contributed by atoms with E-state index in [-0.39, 0.29) is 11.1 Å². The lowest BCUT2D eigenvalue weighted by molar-refractivity contribution is 0.885. The monoisotopic (exact) mass is 334 g/mol. The Bertz CT molecular complexity index is 973. The lowest BCUT2D eigenvalue weighted by atomic mass is 10.2. The van der Waals surface area contributed by atoms with Gasteiger partial charge in [0.25, 0.3) is 5.56 Å². The second kappa shape index (κ2) is 6.69. The van der Waals surface area contributed by atoms with Gasteiger partial charge in [-0.25, -0.2) is 4.98 Å². The van der Waals surface area contributed by atoms with Crippen LogP contribution >= 0.6 is 11.8 Å². The van der Waals surface area contributed by atoms with Gasteiger partial charge < -0.3 is 0 Å². The van der Waals surface area contributed by atoms with Crippen molar-refractivity contribution in [2.45, 2.75) is 11.9 Å². The normalized spacial score (nSPS) is 10.4. The first-order valence-electron chi connectivity index (χ1n) is 7.25. The Morgan fingerprint density at radius 3 is 2.50 bits per heavy atom. The molecule has 0 fully saturated rings. The van der Waals surface area contributed by atoms with E-state index in [1.807, 2.05) is 43.3 Å². The number of pyridine rings is 1. The number of nitrogens with zero attached hydrogens (tertiary/aromatic N) is 4. The van der Waals surface area contributed by atoms with Gasteiger partial charge in [0.15, 0.2) is 5.82 Å². The lowest BCUT2D eigenvalue weighted by Gasteiger charge is -2.14. The van der Waals surface area contributed by atoms with Crippen molar-refractivity contribution in [3.63, 3.8) is 0 Å². The van der Waals surface area contributed by atoms with Crippen LogP contribution in [0.4, 0.5) is 0 Å². The quantitative estimate of drug-likeness (QED) is 0.543. The molecule has 0 atom stereocenters. The highest BCUT2D eigenvalue weighted by molar-refractivity contribution is 7.98. The van der Waals surface area contributed by atoms with Crippen LogP contribution in [0.3, 0.4) is 0 Å². The number of nitriles is 1. The molecule has 0 aliphatic carbocycles. The van der Waals surface area contributed by atoms with Gasteiger partial charge in [-0.05, 0) is 37.4 Å². The van der Waals surface area contributed by atoms with E-state index in [0.29, 0.717) is 22.2 Å². The molecule has 118 valence electrons. The van der Waals surface area contributed by atoms with E-state index in [4.69, 9.17) is 0 Å². The Kier molecular flexibility index (Phi) is 4.45. The molecule has 2 heterocycles. The number of hydrogen-bond acceptors (Lipinski definition) is 5. The van der Waals surface area contributed by atoms with Crippen LogP contribution in [0, 0.1) is 18.3 Å². The van der Waals surface area contributed by atoms with E-state index >= 15 is 0 Å². The predicted octanol–water partition coefficient (Wildman–Crippen LogP) is 3.20. The molecule has 1 aromatic carbocycles. The molecule has 2 aromatic heterocycles. The summed E-state index contributed by atoms with van der Waals surface area (Å²) in [6.07, 6.45) is 3.44. The van der Waals surface area contributed by atoms with Crippen LogP contribution in [0.1, 0.15) is 11.1 Å². The number of thioether (sulfide) groups is 1. The van der Waals surface area contributed by atoms with Crippen molar-refractivity contribution in [3.8, 4) is 23.3 Å². The fraction of sp³-hybridized carbons (Fsp3) is 0.111. The molecule has 6 heteroatoms. The average Bonchev–Trinajstić information content (AvgIpc) is 2.62. The van der Waals surface area contributed by atoms with Crippen molar-refractivity contribution >= 4 is 11.8 Å². The molecule has 3 rings (SSSR count). The molecule has 0 radical (unpaired) electrons. The molecule has 0 unspecified atom stereocenters. The summed E-state index contributed by atoms with van der Waals surface area (Å²) in [6.45, 7) is 1.97. The summed E-state index contributed by atoms with van der Waals surface area (Å²) in [5.41, 5.74) is 1.97. The van der Waals surface area contributed by atoms with E-state index in [1.54, 1.807) is 24.6 Å². The maximum absolute atomic E-state index is 12.9. The van der Waals surface area contributed by atoms with Gasteiger partial charge in [0.1, 0.15) is 22.4 Å². The fourth-order valence-corrected chi connectivity index (χ4v) is 2.86. The highest BCUT2D eigenvalue weighted by atomic mass is 32.2. The Hall–Kier alpha value is -2.91. The van der Waals surface area contributed by atoms with Crippen molar-refractivity contribution in [2.24, 2.45) is 0 Å². The highest BCUT2D eigenvalue weighted by Crippen LogP contribution is 2.23. The first-order valence-corrected chi connectivity index (χ1v) is 8.47. The largest absolute Gasteiger partial charge is 0.277 e. The van der Waals surface area contributed by atoms with E-state index in [0.717, 1.165) is 5.56 Å². The van der Waals surface area contributed by atoms with Crippen molar-refractivity contribution in [3.05, 3.63) is 70.1 Å². The van der Waals surface area contributed by atoms with E-state index < -0.39 is 0 Å². The first-order chi connectivity index (χ1) is 11.7. The minimum absolute atomic E-state index is 0.0442. The van der Waals surface area contributed by atoms with Crippen LogP contribution in [0.2, 0.25) is 0 Å². The summed E-state index contributed by atoms with van der Waals surface area (Å²) in [7, 11) is 0. The van der Waals surface area contributed by atoms with Gasteiger partial charge in [-0.1, -0.05) is 23.8 Å². The summed E-state index contributed by atoms with van der Waals surface area (Å²) in [5.74, 6) is 0.424. The molecule has 0 aliphatic rings. The molecule has 0 bridgehead atoms. The van der Waals surface area contributed by atoms with Gasteiger partial charge in [0.2, 0.25) is 0 Å². The summed E-state index contributed by atoms with van der Waals surface area (Å²) >= 11 is 1.27. The summed E-state index contributed by atoms with van der Waals surface area (Å²) in [4.78, 5) is 21.8. The van der Waals surface area contributed by atoms with Gasteiger partial charge in [-0.3, -0.25) is 14.3 Å². The molecule has 0 amide bonds. The van der Waals surface area contributed by atoms with Gasteiger partial charge >= 0.3 is 0 Å². The number of benzene rings is 1. The summed E-state index contributed by atoms with van der Waals surface area (Å²) in [5, 5.41) is 9.78. The van der Waals surface area contributed by atoms with Crippen LogP contribution in [0.15, 0.2) is 58.5 Å². The smallest absolute Gasteiger partial charge is 0.267 e. The number of aryl methyl sites for hydroxylation is 1. The second-order valence-electron chi connectivity index (χ2n) is 5.12. The van der Waals surface area contributed by atoms with Crippen LogP contribution in [-0.2, 0) is 0 Å². The minimum Gasteiger partial charge on any atom is -0.267 e. The molecule has 0 N–H and O–H groups in total. The lowest BCUT2D eigenvalue weighted by Crippen LogP contribution is -2.25. The maximum Gasteiger partial charge on any atom is 0.277 e. The Morgan fingerprint density at radius 1 is 1.17 bits per heavy atom. The van der Waals surface area contributed by atoms with Crippen LogP contribution in [0.5, 0.6) is 0 Å². The molecular formula is C18H14N4OS. The van der Waals surface area contributed by atoms with Gasteiger partial charge in [-0.15, -0.1) is 11.8 Å². The molecule has 24 heavy (non-hydrogen) atoms. The van der Waals surface area contributed by atoms with E-state index in [2.05, 4.69) is 9.97 Å². The zero-order valence-corrected chi connectivity index (χ0v) is 14.0. The van der Waals surface area contributed by atoms with E-state index in [1.165, 1.54) is 16.3 Å². The highest BCUT2D eigenvalue weighted by Gasteiger charge is 2.19. The molecular weight excluding hydrogens is 320 g/mol. The molecule has 0 saturated heterocycles. The SMILES string of the molecule is CSc1nc(-c2ccccn2)n(-c2ccc(C)cc2)c(=O)c1C#N. The topological polar surface area (TPSA) is 71.6 Å². The Balaban J connectivity index is 2.39. The number of aromatic nitrogens is 3. The Morgan fingerprint density at radius 2 is 1.92 bits per heavy atom. The zero-order valence-electron chi connectivity index (χ0n) is 13.2. The van der Waals surface area contributed by atoms with E-state index in [9.17, 15) is 10.1 Å². The number of hydrogen-bond donors (Lipinski definition) is 0. The molecule has 3 aromatic rings. The standard InChI is InChI=1S/C18H14N4OS/c1-12-6-8-13(9-7-12)22-16(15-5-3-4-10-20-15)21-17(24-2)14(11-19)18(22)23/h3-10H,1-2H3. The van der Waals surface area contributed by atoms with Gasteiger partial charge in [-0.2, -0.15) is 5.26 Å². The van der Waals surface area contributed by atoms with Crippen molar-refractivity contribution < 1.29 is 0 Å². The third-order valence-corrected chi connectivity index (χ3v) is 4.22. The summed E-state index contributed by atoms with van der Waals surface area (Å²) in [6, 6.07) is 14.9. The molecule has 0 aliphatic heterocycles. The number of rotatable bonds is 3. The van der Waals surface area contributed by atoms with Gasteiger partial charge in [0.05, 0.1) is 5.69 Å². The van der Waals surface area contributed by atoms with Crippen LogP contribution in [-0.4, -0.2) is 20.8 Å². The fourth-order valence-electron chi connectivity index (χ4n) is 2.35. The van der Waals surface area contributed by atoms with Crippen molar-refractivity contribution in [2.75, 3.05) is 6.26 Å². The van der Waals surface area contributed by atoms with Crippen LogP contribution < -0.4 is 5.56 Å². The zero-order chi connectivity index (χ0) is 17.1. The van der Waals surface area contributed by atoms with Crippen molar-refractivity contribution in [1.29, 1.82) is 5.26 Å². The summed E-state index contributed by atoms with van der Waals surface area (Å²) < 4.78 is 1.44. The molecule has 5 nitrogen and oxygen atoms in total. The van der Waals surface area contributed by atoms with Crippen molar-refractivity contribution in [1.82, 2.24) is 14.5 Å². The minimum atomic E-state index is -0.388.